The Morgan fingerprint density at radius 3 is 2.03 bits per heavy atom. The number of anilines is 1. The van der Waals surface area contributed by atoms with Gasteiger partial charge in [-0.2, -0.15) is 0 Å². The largest absolute Gasteiger partial charge is 0.345 e. The first kappa shape index (κ1) is 25.2. The summed E-state index contributed by atoms with van der Waals surface area (Å²) in [5.41, 5.74) is 3.43. The van der Waals surface area contributed by atoms with Crippen LogP contribution in [0.3, 0.4) is 0 Å². The Balaban J connectivity index is 1.76. The summed E-state index contributed by atoms with van der Waals surface area (Å²) in [7, 11) is -3.96. The molecule has 0 aliphatic rings. The van der Waals surface area contributed by atoms with E-state index in [0.29, 0.717) is 17.7 Å². The molecule has 4 rings (SSSR count). The number of amides is 1. The van der Waals surface area contributed by atoms with E-state index in [-0.39, 0.29) is 23.4 Å². The maximum atomic E-state index is 13.9. The van der Waals surface area contributed by atoms with Gasteiger partial charge in [0.05, 0.1) is 28.7 Å². The summed E-state index contributed by atoms with van der Waals surface area (Å²) in [4.78, 5) is 13.7. The molecule has 0 saturated carbocycles. The van der Waals surface area contributed by atoms with Gasteiger partial charge in [-0.3, -0.25) is 9.10 Å². The van der Waals surface area contributed by atoms with Crippen LogP contribution in [0.5, 0.6) is 0 Å². The zero-order valence-corrected chi connectivity index (χ0v) is 21.3. The van der Waals surface area contributed by atoms with Crippen molar-refractivity contribution < 1.29 is 13.2 Å². The number of benzene rings is 4. The first-order valence-corrected chi connectivity index (χ1v) is 13.4. The average molecular weight is 499 g/mol. The minimum Gasteiger partial charge on any atom is -0.345 e. The third-order valence-corrected chi connectivity index (χ3v) is 7.88. The quantitative estimate of drug-likeness (QED) is 0.296. The van der Waals surface area contributed by atoms with Gasteiger partial charge in [0.1, 0.15) is 0 Å². The second-order valence-electron chi connectivity index (χ2n) is 8.67. The highest BCUT2D eigenvalue weighted by Gasteiger charge is 2.29. The highest BCUT2D eigenvalue weighted by molar-refractivity contribution is 7.92. The fourth-order valence-electron chi connectivity index (χ4n) is 4.11. The van der Waals surface area contributed by atoms with Gasteiger partial charge in [-0.1, -0.05) is 97.4 Å². The van der Waals surface area contributed by atoms with Crippen molar-refractivity contribution in [1.29, 1.82) is 0 Å². The molecule has 0 spiro atoms. The number of sulfonamides is 1. The van der Waals surface area contributed by atoms with Crippen molar-refractivity contribution in [2.45, 2.75) is 37.8 Å². The molecule has 0 unspecified atom stereocenters. The Kier molecular flexibility index (Phi) is 7.86. The molecule has 0 fully saturated rings. The normalized spacial score (nSPS) is 12.1. The van der Waals surface area contributed by atoms with Crippen molar-refractivity contribution >= 4 is 21.6 Å². The second kappa shape index (κ2) is 11.2. The van der Waals surface area contributed by atoms with E-state index in [1.807, 2.05) is 74.5 Å². The summed E-state index contributed by atoms with van der Waals surface area (Å²) in [5, 5.41) is 3.10. The third-order valence-electron chi connectivity index (χ3n) is 6.11. The van der Waals surface area contributed by atoms with Crippen LogP contribution >= 0.6 is 0 Å². The lowest BCUT2D eigenvalue weighted by Gasteiger charge is -2.27. The fraction of sp³-hybridized carbons (Fsp3) is 0.167. The zero-order valence-electron chi connectivity index (χ0n) is 20.5. The lowest BCUT2D eigenvalue weighted by Crippen LogP contribution is -2.34. The molecular weight excluding hydrogens is 468 g/mol. The van der Waals surface area contributed by atoms with Gasteiger partial charge in [0.2, 0.25) is 0 Å². The summed E-state index contributed by atoms with van der Waals surface area (Å²) >= 11 is 0. The van der Waals surface area contributed by atoms with Crippen LogP contribution in [0.1, 0.15) is 46.4 Å². The summed E-state index contributed by atoms with van der Waals surface area (Å²) in [6, 6.07) is 32.6. The SMILES string of the molecule is CC[C@H](NC(=O)c1ccccc1N(Cc1ccccc1)S(=O)(=O)c1ccc(C)cc1)c1ccccc1. The number of rotatable bonds is 9. The van der Waals surface area contributed by atoms with E-state index in [1.54, 1.807) is 48.5 Å². The van der Waals surface area contributed by atoms with Gasteiger partial charge in [-0.15, -0.1) is 0 Å². The maximum Gasteiger partial charge on any atom is 0.264 e. The number of aryl methyl sites for hydroxylation is 1. The Morgan fingerprint density at radius 1 is 0.806 bits per heavy atom. The molecule has 0 saturated heterocycles. The number of carbonyl (C=O) groups excluding carboxylic acids is 1. The number of hydrogen-bond donors (Lipinski definition) is 1. The molecule has 184 valence electrons. The molecule has 0 aliphatic heterocycles. The summed E-state index contributed by atoms with van der Waals surface area (Å²) in [6.07, 6.45) is 0.702. The van der Waals surface area contributed by atoms with Crippen LogP contribution in [0.2, 0.25) is 0 Å². The van der Waals surface area contributed by atoms with Crippen molar-refractivity contribution in [3.8, 4) is 0 Å². The predicted octanol–water partition coefficient (Wildman–Crippen LogP) is 6.27. The number of nitrogens with zero attached hydrogens (tertiary/aromatic N) is 1. The molecule has 4 aromatic rings. The van der Waals surface area contributed by atoms with E-state index in [0.717, 1.165) is 16.7 Å². The first-order chi connectivity index (χ1) is 17.4. The van der Waals surface area contributed by atoms with Crippen LogP contribution < -0.4 is 9.62 Å². The van der Waals surface area contributed by atoms with Gasteiger partial charge in [0, 0.05) is 0 Å². The fourth-order valence-corrected chi connectivity index (χ4v) is 5.58. The molecule has 5 nitrogen and oxygen atoms in total. The van der Waals surface area contributed by atoms with Crippen LogP contribution in [0, 0.1) is 6.92 Å². The molecule has 4 aromatic carbocycles. The molecule has 0 aromatic heterocycles. The number of nitrogens with one attached hydrogen (secondary N) is 1. The van der Waals surface area contributed by atoms with E-state index in [4.69, 9.17) is 0 Å². The first-order valence-electron chi connectivity index (χ1n) is 12.0. The minimum absolute atomic E-state index is 0.0945. The number of carbonyl (C=O) groups is 1. The van der Waals surface area contributed by atoms with Crippen molar-refractivity contribution in [2.24, 2.45) is 0 Å². The van der Waals surface area contributed by atoms with Gasteiger partial charge in [-0.05, 0) is 48.7 Å². The zero-order chi connectivity index (χ0) is 25.5. The molecule has 0 heterocycles. The average Bonchev–Trinajstić information content (AvgIpc) is 2.91. The van der Waals surface area contributed by atoms with E-state index in [1.165, 1.54) is 4.31 Å². The smallest absolute Gasteiger partial charge is 0.264 e. The Bertz CT molecular complexity index is 1400. The molecular formula is C30H30N2O3S. The van der Waals surface area contributed by atoms with Crippen LogP contribution in [0.25, 0.3) is 0 Å². The molecule has 1 N–H and O–H groups in total. The Hall–Kier alpha value is -3.90. The molecule has 6 heteroatoms. The molecule has 1 atom stereocenters. The van der Waals surface area contributed by atoms with Crippen molar-refractivity contribution in [3.63, 3.8) is 0 Å². The monoisotopic (exact) mass is 498 g/mol. The van der Waals surface area contributed by atoms with Crippen LogP contribution in [0.15, 0.2) is 114 Å². The lowest BCUT2D eigenvalue weighted by atomic mass is 10.0. The van der Waals surface area contributed by atoms with Crippen LogP contribution in [-0.4, -0.2) is 14.3 Å². The highest BCUT2D eigenvalue weighted by Crippen LogP contribution is 2.30. The predicted molar refractivity (Wildman–Crippen MR) is 144 cm³/mol. The maximum absolute atomic E-state index is 13.9. The van der Waals surface area contributed by atoms with E-state index >= 15 is 0 Å². The van der Waals surface area contributed by atoms with Gasteiger partial charge in [0.25, 0.3) is 15.9 Å². The third kappa shape index (κ3) is 5.66. The van der Waals surface area contributed by atoms with E-state index in [2.05, 4.69) is 5.32 Å². The highest BCUT2D eigenvalue weighted by atomic mass is 32.2. The number of hydrogen-bond acceptors (Lipinski definition) is 3. The summed E-state index contributed by atoms with van der Waals surface area (Å²) in [6.45, 7) is 4.01. The van der Waals surface area contributed by atoms with Gasteiger partial charge in [0.15, 0.2) is 0 Å². The molecule has 0 radical (unpaired) electrons. The Labute approximate surface area is 213 Å². The summed E-state index contributed by atoms with van der Waals surface area (Å²) < 4.78 is 29.2. The minimum atomic E-state index is -3.96. The van der Waals surface area contributed by atoms with Gasteiger partial charge in [-0.25, -0.2) is 8.42 Å². The van der Waals surface area contributed by atoms with Gasteiger partial charge >= 0.3 is 0 Å². The molecule has 0 aliphatic carbocycles. The summed E-state index contributed by atoms with van der Waals surface area (Å²) in [5.74, 6) is -0.321. The molecule has 36 heavy (non-hydrogen) atoms. The number of para-hydroxylation sites is 1. The lowest BCUT2D eigenvalue weighted by molar-refractivity contribution is 0.0936. The van der Waals surface area contributed by atoms with Gasteiger partial charge < -0.3 is 5.32 Å². The second-order valence-corrected chi connectivity index (χ2v) is 10.5. The van der Waals surface area contributed by atoms with Crippen molar-refractivity contribution in [2.75, 3.05) is 4.31 Å². The van der Waals surface area contributed by atoms with Crippen LogP contribution in [0.4, 0.5) is 5.69 Å². The van der Waals surface area contributed by atoms with E-state index < -0.39 is 10.0 Å². The Morgan fingerprint density at radius 2 is 1.39 bits per heavy atom. The van der Waals surface area contributed by atoms with Crippen molar-refractivity contribution in [1.82, 2.24) is 5.32 Å². The van der Waals surface area contributed by atoms with E-state index in [9.17, 15) is 13.2 Å². The van der Waals surface area contributed by atoms with Crippen molar-refractivity contribution in [3.05, 3.63) is 131 Å². The standard InChI is InChI=1S/C30H30N2O3S/c1-3-28(25-14-8-5-9-15-25)31-30(33)27-16-10-11-17-29(27)32(22-24-12-6-4-7-13-24)36(34,35)26-20-18-23(2)19-21-26/h4-21,28H,3,22H2,1-2H3,(H,31,33)/t28-/m0/s1. The molecule has 1 amide bonds. The van der Waals surface area contributed by atoms with Crippen LogP contribution in [-0.2, 0) is 16.6 Å². The topological polar surface area (TPSA) is 66.5 Å². The molecule has 0 bridgehead atoms.